The molecule has 0 amide bonds. The molecule has 1 atom stereocenters. The molecule has 3 heteroatoms. The Hall–Kier alpha value is -1.32. The molecular formula is C16H20O3. The summed E-state index contributed by atoms with van der Waals surface area (Å²) in [6, 6.07) is 7.99. The number of ether oxygens (including phenoxy) is 1. The van der Waals surface area contributed by atoms with Crippen LogP contribution in [0.5, 0.6) is 0 Å². The van der Waals surface area contributed by atoms with Gasteiger partial charge in [-0.05, 0) is 44.4 Å². The van der Waals surface area contributed by atoms with Crippen LogP contribution in [0.4, 0.5) is 0 Å². The number of hydrogen-bond acceptors (Lipinski definition) is 3. The van der Waals surface area contributed by atoms with Crippen LogP contribution in [0.15, 0.2) is 28.7 Å². The minimum atomic E-state index is -0.590. The Morgan fingerprint density at radius 2 is 2.16 bits per heavy atom. The van der Waals surface area contributed by atoms with Gasteiger partial charge in [0.05, 0.1) is 5.60 Å². The van der Waals surface area contributed by atoms with E-state index in [-0.39, 0.29) is 5.60 Å². The van der Waals surface area contributed by atoms with E-state index in [1.807, 2.05) is 18.2 Å². The summed E-state index contributed by atoms with van der Waals surface area (Å²) in [7, 11) is 1.73. The van der Waals surface area contributed by atoms with Crippen molar-refractivity contribution >= 4 is 11.0 Å². The number of benzene rings is 1. The number of aliphatic hydroxyl groups excluding tert-OH is 1. The molecule has 19 heavy (non-hydrogen) atoms. The van der Waals surface area contributed by atoms with Crippen molar-refractivity contribution in [2.24, 2.45) is 0 Å². The number of aryl methyl sites for hydroxylation is 1. The van der Waals surface area contributed by atoms with Gasteiger partial charge in [-0.15, -0.1) is 0 Å². The van der Waals surface area contributed by atoms with Crippen molar-refractivity contribution in [2.75, 3.05) is 7.11 Å². The highest BCUT2D eigenvalue weighted by Crippen LogP contribution is 2.42. The lowest BCUT2D eigenvalue weighted by Gasteiger charge is -2.41. The van der Waals surface area contributed by atoms with E-state index in [0.29, 0.717) is 12.2 Å². The van der Waals surface area contributed by atoms with Crippen LogP contribution in [0.1, 0.15) is 43.1 Å². The summed E-state index contributed by atoms with van der Waals surface area (Å²) in [6.07, 6.45) is 3.26. The fourth-order valence-corrected chi connectivity index (χ4v) is 2.86. The quantitative estimate of drug-likeness (QED) is 0.910. The van der Waals surface area contributed by atoms with E-state index < -0.39 is 6.10 Å². The number of hydrogen-bond donors (Lipinski definition) is 1. The summed E-state index contributed by atoms with van der Waals surface area (Å²) in [6.45, 7) is 2.05. The van der Waals surface area contributed by atoms with Gasteiger partial charge in [0.15, 0.2) is 0 Å². The zero-order valence-corrected chi connectivity index (χ0v) is 11.5. The van der Waals surface area contributed by atoms with Crippen molar-refractivity contribution in [3.05, 3.63) is 35.6 Å². The third kappa shape index (κ3) is 2.28. The summed E-state index contributed by atoms with van der Waals surface area (Å²) >= 11 is 0. The Morgan fingerprint density at radius 3 is 2.79 bits per heavy atom. The van der Waals surface area contributed by atoms with Gasteiger partial charge in [0.1, 0.15) is 17.4 Å². The van der Waals surface area contributed by atoms with Crippen LogP contribution in [0.25, 0.3) is 11.0 Å². The van der Waals surface area contributed by atoms with Gasteiger partial charge in [0.25, 0.3) is 0 Å². The van der Waals surface area contributed by atoms with Gasteiger partial charge < -0.3 is 14.3 Å². The fraction of sp³-hybridized carbons (Fsp3) is 0.500. The predicted octanol–water partition coefficient (Wildman–Crippen LogP) is 3.73. The molecular weight excluding hydrogens is 240 g/mol. The average molecular weight is 260 g/mol. The number of methoxy groups -OCH3 is 1. The van der Waals surface area contributed by atoms with E-state index >= 15 is 0 Å². The summed E-state index contributed by atoms with van der Waals surface area (Å²) in [5, 5.41) is 11.4. The van der Waals surface area contributed by atoms with Gasteiger partial charge >= 0.3 is 0 Å². The van der Waals surface area contributed by atoms with Crippen LogP contribution in [0.3, 0.4) is 0 Å². The summed E-state index contributed by atoms with van der Waals surface area (Å²) in [4.78, 5) is 0. The predicted molar refractivity (Wildman–Crippen MR) is 74.1 cm³/mol. The fourth-order valence-electron chi connectivity index (χ4n) is 2.86. The molecule has 0 saturated heterocycles. The van der Waals surface area contributed by atoms with E-state index in [2.05, 4.69) is 13.0 Å². The lowest BCUT2D eigenvalue weighted by atomic mass is 9.76. The lowest BCUT2D eigenvalue weighted by molar-refractivity contribution is -0.102. The third-order valence-corrected chi connectivity index (χ3v) is 4.28. The Labute approximate surface area is 113 Å². The maximum atomic E-state index is 10.3. The summed E-state index contributed by atoms with van der Waals surface area (Å²) in [5.74, 6) is 0.643. The summed E-state index contributed by atoms with van der Waals surface area (Å²) < 4.78 is 11.3. The molecule has 1 aliphatic carbocycles. The summed E-state index contributed by atoms with van der Waals surface area (Å²) in [5.41, 5.74) is 1.88. The standard InChI is InChI=1S/C16H20O3/c1-11-4-5-14-12(8-11)9-15(19-14)13(17)10-16(18-2)6-3-7-16/h4-5,8-9,13,17H,3,6-7,10H2,1-2H3. The molecule has 1 saturated carbocycles. The first-order chi connectivity index (χ1) is 9.12. The van der Waals surface area contributed by atoms with E-state index in [1.165, 1.54) is 12.0 Å². The Kier molecular flexibility index (Phi) is 3.11. The number of aliphatic hydroxyl groups is 1. The Balaban J connectivity index is 1.83. The normalized spacial score (nSPS) is 19.3. The van der Waals surface area contributed by atoms with E-state index in [0.717, 1.165) is 23.8 Å². The van der Waals surface area contributed by atoms with Gasteiger partial charge in [-0.25, -0.2) is 0 Å². The second-order valence-corrected chi connectivity index (χ2v) is 5.65. The van der Waals surface area contributed by atoms with Crippen molar-refractivity contribution in [3.63, 3.8) is 0 Å². The van der Waals surface area contributed by atoms with Crippen LogP contribution in [0.2, 0.25) is 0 Å². The third-order valence-electron chi connectivity index (χ3n) is 4.28. The number of rotatable bonds is 4. The van der Waals surface area contributed by atoms with Gasteiger partial charge in [-0.1, -0.05) is 11.6 Å². The molecule has 0 spiro atoms. The molecule has 1 N–H and O–H groups in total. The van der Waals surface area contributed by atoms with Crippen LogP contribution in [0, 0.1) is 6.92 Å². The Morgan fingerprint density at radius 1 is 1.37 bits per heavy atom. The Bertz CT molecular complexity index is 575. The van der Waals surface area contributed by atoms with Crippen molar-refractivity contribution in [2.45, 2.75) is 44.3 Å². The molecule has 3 rings (SSSR count). The lowest BCUT2D eigenvalue weighted by Crippen LogP contribution is -2.40. The molecule has 102 valence electrons. The molecule has 2 aromatic rings. The van der Waals surface area contributed by atoms with Crippen LogP contribution < -0.4 is 0 Å². The zero-order chi connectivity index (χ0) is 13.5. The van der Waals surface area contributed by atoms with Crippen LogP contribution in [-0.2, 0) is 4.74 Å². The average Bonchev–Trinajstić information content (AvgIpc) is 2.76. The van der Waals surface area contributed by atoms with E-state index in [1.54, 1.807) is 7.11 Å². The molecule has 1 aromatic carbocycles. The van der Waals surface area contributed by atoms with Crippen molar-refractivity contribution in [3.8, 4) is 0 Å². The molecule has 0 bridgehead atoms. The van der Waals surface area contributed by atoms with Gasteiger partial charge in [-0.3, -0.25) is 0 Å². The zero-order valence-electron chi connectivity index (χ0n) is 11.5. The second-order valence-electron chi connectivity index (χ2n) is 5.65. The molecule has 1 heterocycles. The smallest absolute Gasteiger partial charge is 0.134 e. The van der Waals surface area contributed by atoms with Crippen LogP contribution in [-0.4, -0.2) is 17.8 Å². The van der Waals surface area contributed by atoms with E-state index in [9.17, 15) is 5.11 Å². The van der Waals surface area contributed by atoms with Crippen molar-refractivity contribution in [1.82, 2.24) is 0 Å². The minimum Gasteiger partial charge on any atom is -0.458 e. The maximum Gasteiger partial charge on any atom is 0.134 e. The highest BCUT2D eigenvalue weighted by Gasteiger charge is 2.39. The van der Waals surface area contributed by atoms with Crippen molar-refractivity contribution < 1.29 is 14.3 Å². The van der Waals surface area contributed by atoms with Crippen LogP contribution >= 0.6 is 0 Å². The number of furan rings is 1. The first kappa shape index (κ1) is 12.7. The monoisotopic (exact) mass is 260 g/mol. The molecule has 1 aliphatic rings. The first-order valence-electron chi connectivity index (χ1n) is 6.85. The first-order valence-corrected chi connectivity index (χ1v) is 6.85. The molecule has 0 radical (unpaired) electrons. The van der Waals surface area contributed by atoms with Gasteiger partial charge in [-0.2, -0.15) is 0 Å². The van der Waals surface area contributed by atoms with E-state index in [4.69, 9.17) is 9.15 Å². The maximum absolute atomic E-state index is 10.3. The molecule has 3 nitrogen and oxygen atoms in total. The SMILES string of the molecule is COC1(CC(O)c2cc3cc(C)ccc3o2)CCC1. The molecule has 1 fully saturated rings. The second kappa shape index (κ2) is 4.66. The number of fused-ring (bicyclic) bond motifs is 1. The highest BCUT2D eigenvalue weighted by molar-refractivity contribution is 5.78. The molecule has 1 aromatic heterocycles. The largest absolute Gasteiger partial charge is 0.458 e. The highest BCUT2D eigenvalue weighted by atomic mass is 16.5. The van der Waals surface area contributed by atoms with Gasteiger partial charge in [0, 0.05) is 18.9 Å². The van der Waals surface area contributed by atoms with Gasteiger partial charge in [0.2, 0.25) is 0 Å². The molecule has 1 unspecified atom stereocenters. The van der Waals surface area contributed by atoms with Crippen molar-refractivity contribution in [1.29, 1.82) is 0 Å². The molecule has 0 aliphatic heterocycles. The topological polar surface area (TPSA) is 42.6 Å². The minimum absolute atomic E-state index is 0.145.